The van der Waals surface area contributed by atoms with Crippen molar-refractivity contribution in [3.63, 3.8) is 0 Å². The van der Waals surface area contributed by atoms with Gasteiger partial charge in [-0.25, -0.2) is 9.97 Å². The van der Waals surface area contributed by atoms with Gasteiger partial charge in [-0.3, -0.25) is 4.57 Å². The monoisotopic (exact) mass is 792 g/mol. The summed E-state index contributed by atoms with van der Waals surface area (Å²) in [6.07, 6.45) is 0. The molecule has 0 N–H and O–H groups in total. The van der Waals surface area contributed by atoms with Crippen LogP contribution in [-0.4, -0.2) is 19.1 Å². The Morgan fingerprint density at radius 3 is 1.98 bits per heavy atom. The van der Waals surface area contributed by atoms with Crippen LogP contribution < -0.4 is 0 Å². The quantitative estimate of drug-likeness (QED) is 0.179. The number of para-hydroxylation sites is 3. The van der Waals surface area contributed by atoms with Crippen LogP contribution in [0, 0.1) is 0 Å². The predicted molar refractivity (Wildman–Crippen MR) is 256 cm³/mol. The molecule has 0 bridgehead atoms. The summed E-state index contributed by atoms with van der Waals surface area (Å²) in [4.78, 5) is 11.2. The molecular formula is C57H36N4O. The molecular weight excluding hydrogens is 757 g/mol. The van der Waals surface area contributed by atoms with E-state index in [2.05, 4.69) is 193 Å². The number of nitrogens with zero attached hydrogens (tertiary/aromatic N) is 4. The minimum absolute atomic E-state index is 0.115. The Bertz CT molecular complexity index is 4070. The number of hydrogen-bond acceptors (Lipinski definition) is 3. The zero-order chi connectivity index (χ0) is 40.8. The maximum absolute atomic E-state index is 6.76. The molecule has 14 rings (SSSR count). The van der Waals surface area contributed by atoms with Gasteiger partial charge in [0.2, 0.25) is 5.95 Å². The van der Waals surface area contributed by atoms with Gasteiger partial charge in [0.15, 0.2) is 5.58 Å². The van der Waals surface area contributed by atoms with Crippen molar-refractivity contribution in [3.8, 4) is 34.0 Å². The van der Waals surface area contributed by atoms with Crippen LogP contribution in [0.5, 0.6) is 0 Å². The van der Waals surface area contributed by atoms with Crippen LogP contribution in [0.2, 0.25) is 0 Å². The lowest BCUT2D eigenvalue weighted by atomic mass is 9.82. The lowest BCUT2D eigenvalue weighted by Crippen LogP contribution is -2.14. The Kier molecular flexibility index (Phi) is 6.57. The van der Waals surface area contributed by atoms with Gasteiger partial charge in [0.25, 0.3) is 0 Å². The fourth-order valence-corrected chi connectivity index (χ4v) is 11.0. The molecule has 62 heavy (non-hydrogen) atoms. The van der Waals surface area contributed by atoms with Crippen molar-refractivity contribution < 1.29 is 4.42 Å². The molecule has 1 aliphatic rings. The second-order valence-corrected chi connectivity index (χ2v) is 17.3. The molecule has 290 valence electrons. The maximum Gasteiger partial charge on any atom is 0.236 e. The van der Waals surface area contributed by atoms with Crippen molar-refractivity contribution in [2.75, 3.05) is 0 Å². The van der Waals surface area contributed by atoms with E-state index >= 15 is 0 Å². The SMILES string of the molecule is CC1(C)c2ccccc2-c2cc(-c3nc(-n4c5ccccc5c5c6ccccc6c6c7c8ccccc8ccc7n(-c7ccccc7)c6c54)nc4c3oc3ccccc34)ccc21. The van der Waals surface area contributed by atoms with E-state index in [0.29, 0.717) is 11.5 Å². The third kappa shape index (κ3) is 4.31. The summed E-state index contributed by atoms with van der Waals surface area (Å²) in [5.41, 5.74) is 14.5. The van der Waals surface area contributed by atoms with E-state index in [1.807, 2.05) is 12.1 Å². The zero-order valence-corrected chi connectivity index (χ0v) is 34.0. The molecule has 0 aliphatic heterocycles. The van der Waals surface area contributed by atoms with E-state index in [9.17, 15) is 0 Å². The highest BCUT2D eigenvalue weighted by Crippen LogP contribution is 2.51. The number of hydrogen-bond donors (Lipinski definition) is 0. The summed E-state index contributed by atoms with van der Waals surface area (Å²) in [6, 6.07) is 65.6. The number of rotatable bonds is 3. The molecule has 5 heteroatoms. The van der Waals surface area contributed by atoms with E-state index in [1.165, 1.54) is 60.0 Å². The molecule has 4 heterocycles. The highest BCUT2D eigenvalue weighted by Gasteiger charge is 2.36. The Morgan fingerprint density at radius 2 is 1.13 bits per heavy atom. The smallest absolute Gasteiger partial charge is 0.236 e. The van der Waals surface area contributed by atoms with Gasteiger partial charge >= 0.3 is 0 Å². The normalized spacial score (nSPS) is 13.5. The Balaban J connectivity index is 1.19. The van der Waals surface area contributed by atoms with Crippen molar-refractivity contribution in [1.82, 2.24) is 19.1 Å². The van der Waals surface area contributed by atoms with Crippen LogP contribution in [0.25, 0.3) is 121 Å². The molecule has 9 aromatic carbocycles. The van der Waals surface area contributed by atoms with Crippen LogP contribution in [0.4, 0.5) is 0 Å². The molecule has 0 saturated heterocycles. The van der Waals surface area contributed by atoms with E-state index in [0.717, 1.165) is 60.9 Å². The molecule has 5 nitrogen and oxygen atoms in total. The lowest BCUT2D eigenvalue weighted by Gasteiger charge is -2.21. The summed E-state index contributed by atoms with van der Waals surface area (Å²) in [5.74, 6) is 0.595. The summed E-state index contributed by atoms with van der Waals surface area (Å²) in [7, 11) is 0. The van der Waals surface area contributed by atoms with E-state index in [-0.39, 0.29) is 5.41 Å². The highest BCUT2D eigenvalue weighted by molar-refractivity contribution is 6.39. The van der Waals surface area contributed by atoms with Crippen molar-refractivity contribution >= 4 is 87.2 Å². The van der Waals surface area contributed by atoms with Crippen molar-refractivity contribution in [3.05, 3.63) is 193 Å². The fourth-order valence-electron chi connectivity index (χ4n) is 11.0. The van der Waals surface area contributed by atoms with Crippen LogP contribution in [-0.2, 0) is 5.41 Å². The topological polar surface area (TPSA) is 48.8 Å². The molecule has 0 spiro atoms. The average Bonchev–Trinajstić information content (AvgIpc) is 4.05. The average molecular weight is 793 g/mol. The Labute approximate surface area is 355 Å². The molecule has 0 atom stereocenters. The van der Waals surface area contributed by atoms with Gasteiger partial charge in [-0.15, -0.1) is 0 Å². The minimum atomic E-state index is -0.115. The fraction of sp³-hybridized carbons (Fsp3) is 0.0526. The molecule has 13 aromatic rings. The maximum atomic E-state index is 6.76. The number of aromatic nitrogens is 4. The van der Waals surface area contributed by atoms with Crippen molar-refractivity contribution in [2.24, 2.45) is 0 Å². The van der Waals surface area contributed by atoms with E-state index < -0.39 is 0 Å². The molecule has 0 fully saturated rings. The Morgan fingerprint density at radius 1 is 0.468 bits per heavy atom. The van der Waals surface area contributed by atoms with E-state index in [4.69, 9.17) is 14.4 Å². The summed E-state index contributed by atoms with van der Waals surface area (Å²) >= 11 is 0. The molecule has 0 unspecified atom stereocenters. The van der Waals surface area contributed by atoms with Gasteiger partial charge < -0.3 is 8.98 Å². The molecule has 1 aliphatic carbocycles. The molecule has 0 radical (unpaired) electrons. The number of benzene rings is 9. The second kappa shape index (κ2) is 12.1. The number of fused-ring (bicyclic) bond motifs is 18. The van der Waals surface area contributed by atoms with E-state index in [1.54, 1.807) is 0 Å². The Hall–Kier alpha value is -8.02. The predicted octanol–water partition coefficient (Wildman–Crippen LogP) is 14.8. The molecule has 0 amide bonds. The summed E-state index contributed by atoms with van der Waals surface area (Å²) in [5, 5.41) is 10.6. The van der Waals surface area contributed by atoms with Crippen LogP contribution in [0.15, 0.2) is 186 Å². The van der Waals surface area contributed by atoms with Gasteiger partial charge in [0.05, 0.1) is 22.1 Å². The van der Waals surface area contributed by atoms with Crippen LogP contribution in [0.1, 0.15) is 25.0 Å². The van der Waals surface area contributed by atoms with Gasteiger partial charge in [-0.05, 0) is 86.3 Å². The molecule has 0 saturated carbocycles. The first-order valence-corrected chi connectivity index (χ1v) is 21.3. The standard InChI is InChI=1S/C57H36N4O/c1-57(2)43-25-13-10-20-37(43)42-32-34(28-30-44(42)57)51-55-52(41-24-12-15-27-47(41)62-55)59-56(58-51)61-45-26-14-11-23-40(45)48-38-21-8-9-22-39(38)50-49-36-19-7-6-16-33(36)29-31-46(49)60(54(50)53(48)61)35-17-4-3-5-18-35/h3-32H,1-2H3. The first-order chi connectivity index (χ1) is 30.5. The summed E-state index contributed by atoms with van der Waals surface area (Å²) in [6.45, 7) is 4.64. The number of furan rings is 1. The van der Waals surface area contributed by atoms with Gasteiger partial charge in [-0.1, -0.05) is 153 Å². The first kappa shape index (κ1) is 33.8. The lowest BCUT2D eigenvalue weighted by molar-refractivity contribution is 0.660. The van der Waals surface area contributed by atoms with Crippen molar-refractivity contribution in [2.45, 2.75) is 19.3 Å². The van der Waals surface area contributed by atoms with Gasteiger partial charge in [-0.2, -0.15) is 0 Å². The highest BCUT2D eigenvalue weighted by atomic mass is 16.3. The van der Waals surface area contributed by atoms with Crippen LogP contribution in [0.3, 0.4) is 0 Å². The van der Waals surface area contributed by atoms with Gasteiger partial charge in [0, 0.05) is 43.6 Å². The summed E-state index contributed by atoms with van der Waals surface area (Å²) < 4.78 is 11.6. The van der Waals surface area contributed by atoms with Crippen LogP contribution >= 0.6 is 0 Å². The first-order valence-electron chi connectivity index (χ1n) is 21.3. The largest absolute Gasteiger partial charge is 0.452 e. The third-order valence-corrected chi connectivity index (χ3v) is 13.7. The zero-order valence-electron chi connectivity index (χ0n) is 34.0. The van der Waals surface area contributed by atoms with Crippen molar-refractivity contribution in [1.29, 1.82) is 0 Å². The minimum Gasteiger partial charge on any atom is -0.452 e. The second-order valence-electron chi connectivity index (χ2n) is 17.3. The molecule has 4 aromatic heterocycles. The third-order valence-electron chi connectivity index (χ3n) is 13.7. The van der Waals surface area contributed by atoms with Gasteiger partial charge in [0.1, 0.15) is 16.8 Å².